The molecule has 0 heterocycles. The molecule has 0 spiro atoms. The Hall–Kier alpha value is 0.706. The standard InChI is InChI=1S/C7H7.C5H11.ClH.Mg.H3P/c1-7-5-3-2-4-6-7;1-5(2,3)4;;;/h2-6H,1H2;1H2,2-4H3;1H;;1H3. The van der Waals surface area contributed by atoms with Gasteiger partial charge in [-0.15, -0.1) is 21.5 Å². The molecule has 0 fully saturated rings. The highest BCUT2D eigenvalue weighted by atomic mass is 35.5. The highest BCUT2D eigenvalue weighted by molar-refractivity contribution is 6.92. The first kappa shape index (κ1) is 18.1. The van der Waals surface area contributed by atoms with Crippen LogP contribution >= 0.6 is 22.3 Å². The minimum absolute atomic E-state index is 0. The largest absolute Gasteiger partial charge is 0.371 e. The molecule has 0 saturated carbocycles. The van der Waals surface area contributed by atoms with Gasteiger partial charge in [0, 0.05) is 0 Å². The molecular weight excluding hydrogens is 235 g/mol. The van der Waals surface area contributed by atoms with E-state index in [0.29, 0.717) is 5.41 Å². The SMILES string of the molecule is CC(C)(C)[CH2][Mg][CH2]c1ccccc1.Cl.P. The Morgan fingerprint density at radius 3 is 2.07 bits per heavy atom. The monoisotopic (exact) mass is 256 g/mol. The van der Waals surface area contributed by atoms with E-state index in [2.05, 4.69) is 51.1 Å². The first-order valence-electron chi connectivity index (χ1n) is 5.12. The van der Waals surface area contributed by atoms with E-state index in [0.717, 1.165) is 0 Å². The molecule has 0 amide bonds. The van der Waals surface area contributed by atoms with Crippen molar-refractivity contribution in [3.05, 3.63) is 35.9 Å². The molecule has 3 heteroatoms. The van der Waals surface area contributed by atoms with E-state index >= 15 is 0 Å². The Morgan fingerprint density at radius 1 is 1.07 bits per heavy atom. The summed E-state index contributed by atoms with van der Waals surface area (Å²) >= 11 is 0.109. The number of benzene rings is 1. The van der Waals surface area contributed by atoms with Gasteiger partial charge in [0.25, 0.3) is 0 Å². The van der Waals surface area contributed by atoms with Crippen LogP contribution in [0, 0.1) is 5.41 Å². The van der Waals surface area contributed by atoms with Crippen molar-refractivity contribution < 1.29 is 0 Å². The second kappa shape index (κ2) is 8.81. The van der Waals surface area contributed by atoms with E-state index in [1.807, 2.05) is 0 Å². The lowest BCUT2D eigenvalue weighted by Crippen LogP contribution is -2.10. The van der Waals surface area contributed by atoms with Crippen LogP contribution in [0.5, 0.6) is 0 Å². The molecule has 0 bridgehead atoms. The van der Waals surface area contributed by atoms with Crippen LogP contribution in [0.4, 0.5) is 0 Å². The Balaban J connectivity index is 0. The highest BCUT2D eigenvalue weighted by Gasteiger charge is 2.10. The van der Waals surface area contributed by atoms with Crippen molar-refractivity contribution in [3.8, 4) is 0 Å². The second-order valence-corrected chi connectivity index (χ2v) is 6.61. The summed E-state index contributed by atoms with van der Waals surface area (Å²) in [5.41, 5.74) is 2.07. The van der Waals surface area contributed by atoms with Crippen LogP contribution < -0.4 is 0 Å². The third-order valence-electron chi connectivity index (χ3n) is 2.24. The summed E-state index contributed by atoms with van der Waals surface area (Å²) < 4.78 is 2.81. The fraction of sp³-hybridized carbons (Fsp3) is 0.500. The van der Waals surface area contributed by atoms with Gasteiger partial charge in [-0.2, -0.15) is 9.90 Å². The minimum atomic E-state index is 0. The van der Waals surface area contributed by atoms with E-state index in [4.69, 9.17) is 0 Å². The average Bonchev–Trinajstić information content (AvgIpc) is 2.04. The number of hydrogen-bond acceptors (Lipinski definition) is 0. The van der Waals surface area contributed by atoms with Gasteiger partial charge in [0.15, 0.2) is 0 Å². The van der Waals surface area contributed by atoms with Gasteiger partial charge in [-0.1, -0.05) is 62.1 Å². The molecule has 0 aliphatic heterocycles. The molecule has 15 heavy (non-hydrogen) atoms. The fourth-order valence-corrected chi connectivity index (χ4v) is 3.45. The molecular formula is C12H22ClMgP. The van der Waals surface area contributed by atoms with Gasteiger partial charge in [-0.25, -0.2) is 0 Å². The van der Waals surface area contributed by atoms with Crippen LogP contribution in [0.2, 0.25) is 4.55 Å². The zero-order valence-corrected chi connectivity index (χ0v) is 13.8. The molecule has 1 aromatic carbocycles. The van der Waals surface area contributed by atoms with E-state index in [1.165, 1.54) is 14.7 Å². The Labute approximate surface area is 113 Å². The maximum Gasteiger partial charge on any atom is 0.371 e. The lowest BCUT2D eigenvalue weighted by molar-refractivity contribution is 0.466. The van der Waals surface area contributed by atoms with Crippen molar-refractivity contribution >= 4 is 42.7 Å². The maximum absolute atomic E-state index is 2.34. The summed E-state index contributed by atoms with van der Waals surface area (Å²) in [6.07, 6.45) is 0. The van der Waals surface area contributed by atoms with Gasteiger partial charge in [-0.05, 0) is 0 Å². The molecule has 0 saturated heterocycles. The molecule has 0 nitrogen and oxygen atoms in total. The number of rotatable bonds is 3. The first-order valence-corrected chi connectivity index (χ1v) is 7.12. The molecule has 0 radical (unpaired) electrons. The zero-order valence-electron chi connectivity index (χ0n) is 10.1. The lowest BCUT2D eigenvalue weighted by Gasteiger charge is -2.17. The second-order valence-electron chi connectivity index (χ2n) is 4.90. The van der Waals surface area contributed by atoms with Crippen molar-refractivity contribution in [1.29, 1.82) is 0 Å². The van der Waals surface area contributed by atoms with Crippen LogP contribution in [-0.4, -0.2) is 20.4 Å². The maximum atomic E-state index is 2.34. The summed E-state index contributed by atoms with van der Waals surface area (Å²) in [5.74, 6) is 0. The van der Waals surface area contributed by atoms with Gasteiger partial charge in [0.2, 0.25) is 0 Å². The van der Waals surface area contributed by atoms with Crippen LogP contribution in [0.3, 0.4) is 0 Å². The van der Waals surface area contributed by atoms with Crippen molar-refractivity contribution in [3.63, 3.8) is 0 Å². The Morgan fingerprint density at radius 2 is 1.60 bits per heavy atom. The summed E-state index contributed by atoms with van der Waals surface area (Å²) in [6, 6.07) is 10.9. The summed E-state index contributed by atoms with van der Waals surface area (Å²) in [5, 5.41) is 0. The molecule has 0 aromatic heterocycles. The van der Waals surface area contributed by atoms with Gasteiger partial charge in [0.1, 0.15) is 0 Å². The zero-order chi connectivity index (χ0) is 9.73. The summed E-state index contributed by atoms with van der Waals surface area (Å²) in [7, 11) is 0. The minimum Gasteiger partial charge on any atom is -0.153 e. The molecule has 0 aliphatic rings. The van der Waals surface area contributed by atoms with Crippen LogP contribution in [0.25, 0.3) is 0 Å². The molecule has 1 aromatic rings. The third-order valence-corrected chi connectivity index (χ3v) is 5.02. The van der Waals surface area contributed by atoms with Gasteiger partial charge in [-0.3, -0.25) is 0 Å². The molecule has 0 aliphatic carbocycles. The number of halogens is 1. The van der Waals surface area contributed by atoms with E-state index < -0.39 is 0 Å². The highest BCUT2D eigenvalue weighted by Crippen LogP contribution is 2.18. The molecule has 84 valence electrons. The molecule has 1 unspecified atom stereocenters. The van der Waals surface area contributed by atoms with Crippen LogP contribution in [-0.2, 0) is 4.55 Å². The van der Waals surface area contributed by atoms with Gasteiger partial charge in [0.05, 0.1) is 0 Å². The Bertz CT molecular complexity index is 244. The van der Waals surface area contributed by atoms with E-state index in [9.17, 15) is 0 Å². The molecule has 1 atom stereocenters. The normalized spacial score (nSPS) is 9.53. The van der Waals surface area contributed by atoms with Crippen molar-refractivity contribution in [2.75, 3.05) is 0 Å². The van der Waals surface area contributed by atoms with Gasteiger partial charge < -0.3 is 0 Å². The van der Waals surface area contributed by atoms with Crippen molar-refractivity contribution in [2.24, 2.45) is 5.41 Å². The predicted molar refractivity (Wildman–Crippen MR) is 78.5 cm³/mol. The Kier molecular flexibility index (Phi) is 10.6. The smallest absolute Gasteiger partial charge is 0.153 e. The third kappa shape index (κ3) is 9.62. The van der Waals surface area contributed by atoms with E-state index in [1.54, 1.807) is 0 Å². The predicted octanol–water partition coefficient (Wildman–Crippen LogP) is 3.84. The van der Waals surface area contributed by atoms with Crippen molar-refractivity contribution in [2.45, 2.75) is 29.9 Å². The quantitative estimate of drug-likeness (QED) is 0.570. The lowest BCUT2D eigenvalue weighted by atomic mass is 10.0. The first-order chi connectivity index (χ1) is 6.08. The summed E-state index contributed by atoms with van der Waals surface area (Å²) in [6.45, 7) is 7.01. The topological polar surface area (TPSA) is 0 Å². The van der Waals surface area contributed by atoms with Gasteiger partial charge >= 0.3 is 20.4 Å². The van der Waals surface area contributed by atoms with Crippen LogP contribution in [0.1, 0.15) is 26.3 Å². The number of hydrogen-bond donors (Lipinski definition) is 0. The fourth-order valence-electron chi connectivity index (χ4n) is 1.47. The van der Waals surface area contributed by atoms with E-state index in [-0.39, 0.29) is 42.7 Å². The molecule has 1 rings (SSSR count). The molecule has 0 N–H and O–H groups in total. The van der Waals surface area contributed by atoms with Crippen molar-refractivity contribution in [1.82, 2.24) is 0 Å². The van der Waals surface area contributed by atoms with Crippen LogP contribution in [0.15, 0.2) is 30.3 Å². The average molecular weight is 257 g/mol. The summed E-state index contributed by atoms with van der Waals surface area (Å²) in [4.78, 5) is 0.